The molecule has 0 unspecified atom stereocenters. The predicted molar refractivity (Wildman–Crippen MR) is 80.7 cm³/mol. The van der Waals surface area contributed by atoms with Crippen molar-refractivity contribution >= 4 is 22.5 Å². The maximum atomic E-state index is 5.43. The fourth-order valence-electron chi connectivity index (χ4n) is 2.84. The molecule has 6 nitrogen and oxygen atoms in total. The van der Waals surface area contributed by atoms with Gasteiger partial charge in [0.05, 0.1) is 24.2 Å². The lowest BCUT2D eigenvalue weighted by Crippen LogP contribution is -2.37. The number of hydrogen-bond donors (Lipinski definition) is 0. The van der Waals surface area contributed by atoms with E-state index < -0.39 is 0 Å². The number of anilines is 1. The van der Waals surface area contributed by atoms with Gasteiger partial charge in [-0.2, -0.15) is 0 Å². The average Bonchev–Trinajstić information content (AvgIpc) is 2.99. The second-order valence-electron chi connectivity index (χ2n) is 5.15. The van der Waals surface area contributed by atoms with Gasteiger partial charge < -0.3 is 9.64 Å². The molecule has 108 valence electrons. The van der Waals surface area contributed by atoms with Gasteiger partial charge in [-0.05, 0) is 12.1 Å². The first kappa shape index (κ1) is 12.5. The molecule has 3 aromatic rings. The number of hydrogen-bond acceptors (Lipinski definition) is 5. The predicted octanol–water partition coefficient (Wildman–Crippen LogP) is 1.68. The van der Waals surface area contributed by atoms with Gasteiger partial charge in [0.15, 0.2) is 5.82 Å². The summed E-state index contributed by atoms with van der Waals surface area (Å²) in [6, 6.07) is 8.15. The van der Waals surface area contributed by atoms with E-state index in [9.17, 15) is 0 Å². The van der Waals surface area contributed by atoms with Gasteiger partial charge in [-0.15, -0.1) is 10.2 Å². The lowest BCUT2D eigenvalue weighted by molar-refractivity contribution is 0.122. The molecule has 21 heavy (non-hydrogen) atoms. The zero-order valence-electron chi connectivity index (χ0n) is 12.0. The quantitative estimate of drug-likeness (QED) is 0.716. The maximum Gasteiger partial charge on any atom is 0.204 e. The molecule has 0 atom stereocenters. The van der Waals surface area contributed by atoms with Crippen molar-refractivity contribution in [1.82, 2.24) is 19.6 Å². The van der Waals surface area contributed by atoms with Gasteiger partial charge in [-0.1, -0.05) is 19.1 Å². The molecule has 4 rings (SSSR count). The van der Waals surface area contributed by atoms with Crippen molar-refractivity contribution < 1.29 is 4.74 Å². The highest BCUT2D eigenvalue weighted by atomic mass is 16.5. The Kier molecular flexibility index (Phi) is 2.96. The first-order chi connectivity index (χ1) is 10.4. The zero-order valence-corrected chi connectivity index (χ0v) is 12.0. The smallest absolute Gasteiger partial charge is 0.204 e. The third-order valence-electron chi connectivity index (χ3n) is 3.91. The molecule has 1 aromatic carbocycles. The molecule has 1 fully saturated rings. The zero-order chi connectivity index (χ0) is 14.2. The summed E-state index contributed by atoms with van der Waals surface area (Å²) >= 11 is 0. The minimum atomic E-state index is 0.732. The number of aryl methyl sites for hydroxylation is 1. The van der Waals surface area contributed by atoms with Gasteiger partial charge >= 0.3 is 0 Å². The first-order valence-corrected chi connectivity index (χ1v) is 7.34. The first-order valence-electron chi connectivity index (χ1n) is 7.34. The summed E-state index contributed by atoms with van der Waals surface area (Å²) in [5.74, 6) is 1.88. The summed E-state index contributed by atoms with van der Waals surface area (Å²) in [5.41, 5.74) is 2.87. The third-order valence-corrected chi connectivity index (χ3v) is 3.91. The Hall–Kier alpha value is -2.21. The summed E-state index contributed by atoms with van der Waals surface area (Å²) in [6.45, 7) is 5.25. The minimum Gasteiger partial charge on any atom is -0.378 e. The number of aromatic nitrogens is 4. The largest absolute Gasteiger partial charge is 0.378 e. The summed E-state index contributed by atoms with van der Waals surface area (Å²) in [7, 11) is 0. The van der Waals surface area contributed by atoms with E-state index in [-0.39, 0.29) is 0 Å². The molecule has 0 N–H and O–H groups in total. The Balaban J connectivity index is 2.02. The van der Waals surface area contributed by atoms with Crippen molar-refractivity contribution in [3.05, 3.63) is 30.1 Å². The van der Waals surface area contributed by atoms with Gasteiger partial charge in [-0.25, -0.2) is 4.98 Å². The van der Waals surface area contributed by atoms with Crippen LogP contribution in [0.15, 0.2) is 24.3 Å². The van der Waals surface area contributed by atoms with Gasteiger partial charge in [-0.3, -0.25) is 4.40 Å². The van der Waals surface area contributed by atoms with E-state index in [0.717, 1.165) is 61.0 Å². The molecule has 1 aliphatic heterocycles. The van der Waals surface area contributed by atoms with Crippen molar-refractivity contribution in [1.29, 1.82) is 0 Å². The van der Waals surface area contributed by atoms with Gasteiger partial charge in [0.25, 0.3) is 0 Å². The van der Waals surface area contributed by atoms with Gasteiger partial charge in [0.2, 0.25) is 5.65 Å². The summed E-state index contributed by atoms with van der Waals surface area (Å²) in [6.07, 6.45) is 0.845. The van der Waals surface area contributed by atoms with Crippen molar-refractivity contribution in [3.63, 3.8) is 0 Å². The molecule has 0 saturated carbocycles. The molecule has 0 aliphatic carbocycles. The Morgan fingerprint density at radius 1 is 1.14 bits per heavy atom. The topological polar surface area (TPSA) is 55.5 Å². The molecule has 2 aromatic heterocycles. The van der Waals surface area contributed by atoms with Crippen LogP contribution in [0.1, 0.15) is 12.7 Å². The molecular weight excluding hydrogens is 266 g/mol. The van der Waals surface area contributed by atoms with E-state index in [0.29, 0.717) is 0 Å². The van der Waals surface area contributed by atoms with Crippen molar-refractivity contribution in [2.45, 2.75) is 13.3 Å². The van der Waals surface area contributed by atoms with Crippen LogP contribution >= 0.6 is 0 Å². The second-order valence-corrected chi connectivity index (χ2v) is 5.15. The molecular formula is C15H17N5O. The van der Waals surface area contributed by atoms with Crippen LogP contribution in [0.25, 0.3) is 16.7 Å². The van der Waals surface area contributed by atoms with E-state index in [4.69, 9.17) is 9.72 Å². The Labute approximate surface area is 122 Å². The normalized spacial score (nSPS) is 16.0. The van der Waals surface area contributed by atoms with E-state index in [1.165, 1.54) is 0 Å². The molecule has 1 aliphatic rings. The van der Waals surface area contributed by atoms with Crippen LogP contribution in [0.5, 0.6) is 0 Å². The Morgan fingerprint density at radius 2 is 1.95 bits per heavy atom. The van der Waals surface area contributed by atoms with Crippen molar-refractivity contribution in [3.8, 4) is 0 Å². The Bertz CT molecular complexity index is 791. The number of benzene rings is 1. The number of para-hydroxylation sites is 2. The van der Waals surface area contributed by atoms with E-state index in [2.05, 4.69) is 32.5 Å². The molecule has 0 bridgehead atoms. The van der Waals surface area contributed by atoms with Crippen LogP contribution in [-0.4, -0.2) is 45.9 Å². The van der Waals surface area contributed by atoms with Crippen LogP contribution in [-0.2, 0) is 11.2 Å². The lowest BCUT2D eigenvalue weighted by atomic mass is 10.3. The van der Waals surface area contributed by atoms with Crippen molar-refractivity contribution in [2.75, 3.05) is 31.2 Å². The number of ether oxygens (including phenoxy) is 1. The number of rotatable bonds is 2. The number of nitrogens with zero attached hydrogens (tertiary/aromatic N) is 5. The maximum absolute atomic E-state index is 5.43. The average molecular weight is 283 g/mol. The standard InChI is InChI=1S/C15H17N5O/c1-2-13-17-18-15-14(19-7-9-21-10-8-19)16-11-5-3-4-6-12(11)20(13)15/h3-6H,2,7-10H2,1H3. The lowest BCUT2D eigenvalue weighted by Gasteiger charge is -2.28. The number of morpholine rings is 1. The highest BCUT2D eigenvalue weighted by Gasteiger charge is 2.20. The van der Waals surface area contributed by atoms with E-state index >= 15 is 0 Å². The van der Waals surface area contributed by atoms with E-state index in [1.54, 1.807) is 0 Å². The molecule has 0 radical (unpaired) electrons. The molecule has 6 heteroatoms. The highest BCUT2D eigenvalue weighted by molar-refractivity contribution is 5.83. The number of fused-ring (bicyclic) bond motifs is 3. The second kappa shape index (κ2) is 4.96. The van der Waals surface area contributed by atoms with Crippen LogP contribution in [0, 0.1) is 0 Å². The molecule has 0 amide bonds. The molecule has 1 saturated heterocycles. The van der Waals surface area contributed by atoms with E-state index in [1.807, 2.05) is 18.2 Å². The minimum absolute atomic E-state index is 0.732. The fourth-order valence-corrected chi connectivity index (χ4v) is 2.84. The summed E-state index contributed by atoms with van der Waals surface area (Å²) in [5, 5.41) is 8.72. The Morgan fingerprint density at radius 3 is 2.76 bits per heavy atom. The third kappa shape index (κ3) is 1.94. The highest BCUT2D eigenvalue weighted by Crippen LogP contribution is 2.25. The van der Waals surface area contributed by atoms with Crippen LogP contribution in [0.3, 0.4) is 0 Å². The van der Waals surface area contributed by atoms with Gasteiger partial charge in [0, 0.05) is 19.5 Å². The monoisotopic (exact) mass is 283 g/mol. The van der Waals surface area contributed by atoms with Crippen LogP contribution < -0.4 is 4.90 Å². The summed E-state index contributed by atoms with van der Waals surface area (Å²) < 4.78 is 7.57. The SMILES string of the molecule is CCc1nnc2c(N3CCOCC3)nc3ccccc3n12. The summed E-state index contributed by atoms with van der Waals surface area (Å²) in [4.78, 5) is 7.06. The van der Waals surface area contributed by atoms with Gasteiger partial charge in [0.1, 0.15) is 5.82 Å². The van der Waals surface area contributed by atoms with Crippen molar-refractivity contribution in [2.24, 2.45) is 0 Å². The molecule has 0 spiro atoms. The van der Waals surface area contributed by atoms with Crippen LogP contribution in [0.2, 0.25) is 0 Å². The fraction of sp³-hybridized carbons (Fsp3) is 0.400. The van der Waals surface area contributed by atoms with Crippen LogP contribution in [0.4, 0.5) is 5.82 Å². The molecule has 3 heterocycles.